The van der Waals surface area contributed by atoms with Crippen molar-refractivity contribution >= 4 is 35.6 Å². The van der Waals surface area contributed by atoms with Crippen LogP contribution < -0.4 is 10.0 Å². The van der Waals surface area contributed by atoms with Crippen molar-refractivity contribution in [3.8, 4) is 29.4 Å². The number of nitrogens with zero attached hydrogens (tertiary/aromatic N) is 2. The molecule has 1 aromatic heterocycles. The summed E-state index contributed by atoms with van der Waals surface area (Å²) in [4.78, 5) is 57.4. The van der Waals surface area contributed by atoms with Gasteiger partial charge in [-0.2, -0.15) is 0 Å². The van der Waals surface area contributed by atoms with E-state index in [1.807, 2.05) is 0 Å². The molecule has 16 heteroatoms. The highest BCUT2D eigenvalue weighted by molar-refractivity contribution is 7.92. The Labute approximate surface area is 259 Å². The van der Waals surface area contributed by atoms with E-state index >= 15 is 0 Å². The first kappa shape index (κ1) is 33.8. The normalized spacial score (nSPS) is 17.8. The number of carboxylic acid groups (broad SMARTS) is 1. The predicted octanol–water partition coefficient (Wildman–Crippen LogP) is 1.91. The molecule has 2 atom stereocenters. The quantitative estimate of drug-likeness (QED) is 0.102. The van der Waals surface area contributed by atoms with Gasteiger partial charge in [-0.15, -0.1) is 0 Å². The Morgan fingerprint density at radius 2 is 1.84 bits per heavy atom. The van der Waals surface area contributed by atoms with E-state index in [9.17, 15) is 42.3 Å². The zero-order chi connectivity index (χ0) is 33.4. The van der Waals surface area contributed by atoms with Crippen LogP contribution in [-0.4, -0.2) is 73.4 Å². The van der Waals surface area contributed by atoms with E-state index in [2.05, 4.69) is 23.7 Å². The number of amides is 2. The van der Waals surface area contributed by atoms with E-state index in [0.717, 1.165) is 6.26 Å². The van der Waals surface area contributed by atoms with Crippen LogP contribution in [0.5, 0.6) is 5.75 Å². The summed E-state index contributed by atoms with van der Waals surface area (Å²) in [5.74, 6) is 8.94. The van der Waals surface area contributed by atoms with E-state index in [1.54, 1.807) is 18.2 Å². The minimum absolute atomic E-state index is 0.0651. The molecule has 1 saturated carbocycles. The van der Waals surface area contributed by atoms with Crippen LogP contribution in [-0.2, 0) is 37.0 Å². The summed E-state index contributed by atoms with van der Waals surface area (Å²) >= 11 is 0. The van der Waals surface area contributed by atoms with Gasteiger partial charge in [0.15, 0.2) is 14.6 Å². The Kier molecular flexibility index (Phi) is 9.01. The molecule has 0 bridgehead atoms. The number of benzene rings is 1. The molecule has 45 heavy (non-hydrogen) atoms. The SMILES string of the molecule is CC(Cc1ccccc1OP(=O)(O)O)(C(=O)O)C1(C#CC#Cc2cc3n(c2)C(=O)N(CC[C@](C)(C(=O)NO)S(C)(=O)=O)C3)CC1. The van der Waals surface area contributed by atoms with Gasteiger partial charge in [0.05, 0.1) is 12.0 Å². The first-order valence-corrected chi connectivity index (χ1v) is 17.0. The van der Waals surface area contributed by atoms with E-state index in [1.165, 1.54) is 47.1 Å². The van der Waals surface area contributed by atoms with Crippen LogP contribution in [0.1, 0.15) is 49.9 Å². The van der Waals surface area contributed by atoms with E-state index in [0.29, 0.717) is 29.7 Å². The van der Waals surface area contributed by atoms with E-state index < -0.39 is 51.1 Å². The molecule has 2 amide bonds. The molecule has 5 N–H and O–H groups in total. The number of hydrogen-bond donors (Lipinski definition) is 5. The number of aromatic nitrogens is 1. The highest BCUT2D eigenvalue weighted by Crippen LogP contribution is 2.60. The first-order valence-electron chi connectivity index (χ1n) is 13.6. The average molecular weight is 662 g/mol. The van der Waals surface area contributed by atoms with Crippen LogP contribution in [0.3, 0.4) is 0 Å². The number of nitrogens with one attached hydrogen (secondary N) is 1. The summed E-state index contributed by atoms with van der Waals surface area (Å²) in [5, 5.41) is 19.2. The lowest BCUT2D eigenvalue weighted by atomic mass is 9.70. The molecule has 14 nitrogen and oxygen atoms in total. The third kappa shape index (κ3) is 6.78. The number of phosphoric ester groups is 1. The van der Waals surface area contributed by atoms with Gasteiger partial charge in [0.2, 0.25) is 0 Å². The predicted molar refractivity (Wildman–Crippen MR) is 158 cm³/mol. The molecular formula is C29H32N3O11PS. The maximum atomic E-state index is 12.9. The van der Waals surface area contributed by atoms with Gasteiger partial charge in [-0.05, 0) is 69.1 Å². The van der Waals surface area contributed by atoms with Gasteiger partial charge in [-0.25, -0.2) is 23.3 Å². The number of fused-ring (bicyclic) bond motifs is 1. The zero-order valence-corrected chi connectivity index (χ0v) is 26.3. The maximum absolute atomic E-state index is 12.9. The second-order valence-corrected chi connectivity index (χ2v) is 15.2. The van der Waals surface area contributed by atoms with Crippen molar-refractivity contribution in [1.29, 1.82) is 0 Å². The number of para-hydroxylation sites is 1. The molecule has 1 fully saturated rings. The lowest BCUT2D eigenvalue weighted by Gasteiger charge is -2.31. The molecule has 2 aromatic rings. The van der Waals surface area contributed by atoms with Crippen molar-refractivity contribution < 1.29 is 52.0 Å². The lowest BCUT2D eigenvalue weighted by Crippen LogP contribution is -2.50. The fourth-order valence-electron chi connectivity index (χ4n) is 5.29. The van der Waals surface area contributed by atoms with Gasteiger partial charge in [0.25, 0.3) is 5.91 Å². The van der Waals surface area contributed by atoms with Crippen LogP contribution in [0.25, 0.3) is 0 Å². The summed E-state index contributed by atoms with van der Waals surface area (Å²) < 4.78 is 40.0. The van der Waals surface area contributed by atoms with Crippen LogP contribution in [0.15, 0.2) is 36.5 Å². The Balaban J connectivity index is 1.47. The van der Waals surface area contributed by atoms with Crippen LogP contribution in [0.4, 0.5) is 4.79 Å². The van der Waals surface area contributed by atoms with Gasteiger partial charge < -0.3 is 14.5 Å². The standard InChI is InChI=1S/C29H32N3O11PS/c1-27(25(34)35,17-21-9-4-5-10-23(21)43-44(38,39)40)29(12-13-29)11-7-6-8-20-16-22-19-31(26(36)32(22)18-20)15-14-28(2,24(33)30-37)45(3,41)42/h4-5,9-10,16,18,37H,12-15,17,19H2,1-3H3,(H,30,33)(H,34,35)(H2,38,39,40)/t27?,28-/m1/s1. The smallest absolute Gasteiger partial charge is 0.481 e. The summed E-state index contributed by atoms with van der Waals surface area (Å²) in [6.45, 7) is 2.78. The van der Waals surface area contributed by atoms with Crippen LogP contribution in [0.2, 0.25) is 0 Å². The summed E-state index contributed by atoms with van der Waals surface area (Å²) in [6, 6.07) is 7.25. The Bertz CT molecular complexity index is 1840. The maximum Gasteiger partial charge on any atom is 0.524 e. The molecule has 0 spiro atoms. The van der Waals surface area contributed by atoms with Crippen molar-refractivity contribution in [3.05, 3.63) is 53.3 Å². The van der Waals surface area contributed by atoms with Crippen LogP contribution in [0, 0.1) is 34.5 Å². The van der Waals surface area contributed by atoms with Gasteiger partial charge in [-0.1, -0.05) is 30.0 Å². The number of carbonyl (C=O) groups is 3. The number of aliphatic carboxylic acids is 1. The summed E-state index contributed by atoms with van der Waals surface area (Å²) in [7, 11) is -8.79. The molecule has 2 aliphatic rings. The molecular weight excluding hydrogens is 629 g/mol. The van der Waals surface area contributed by atoms with Gasteiger partial charge >= 0.3 is 19.8 Å². The molecule has 4 rings (SSSR count). The van der Waals surface area contributed by atoms with Crippen molar-refractivity contribution in [2.75, 3.05) is 12.8 Å². The van der Waals surface area contributed by atoms with Crippen LogP contribution >= 0.6 is 7.82 Å². The number of phosphoric acid groups is 1. The summed E-state index contributed by atoms with van der Waals surface area (Å²) in [5.41, 5.74) is 0.385. The number of rotatable bonds is 11. The molecule has 240 valence electrons. The third-order valence-corrected chi connectivity index (χ3v) is 11.0. The first-order chi connectivity index (χ1) is 20.9. The minimum atomic E-state index is -4.87. The lowest BCUT2D eigenvalue weighted by molar-refractivity contribution is -0.151. The summed E-state index contributed by atoms with van der Waals surface area (Å²) in [6.07, 6.45) is 3.00. The third-order valence-electron chi connectivity index (χ3n) is 8.57. The number of hydroxylamine groups is 1. The number of carboxylic acids is 1. The van der Waals surface area contributed by atoms with E-state index in [4.69, 9.17) is 9.73 Å². The fraction of sp³-hybridized carbons (Fsp3) is 0.414. The number of carbonyl (C=O) groups excluding carboxylic acids is 2. The van der Waals surface area contributed by atoms with Crippen molar-refractivity contribution in [3.63, 3.8) is 0 Å². The van der Waals surface area contributed by atoms with Crippen molar-refractivity contribution in [2.45, 2.75) is 50.8 Å². The molecule has 1 aromatic carbocycles. The topological polar surface area (TPSA) is 213 Å². The number of hydrogen-bond acceptors (Lipinski definition) is 8. The molecule has 0 saturated heterocycles. The Morgan fingerprint density at radius 3 is 2.40 bits per heavy atom. The largest absolute Gasteiger partial charge is 0.524 e. The molecule has 1 aliphatic heterocycles. The highest BCUT2D eigenvalue weighted by Gasteiger charge is 2.60. The average Bonchev–Trinajstić information content (AvgIpc) is 3.56. The zero-order valence-electron chi connectivity index (χ0n) is 24.6. The molecule has 2 heterocycles. The van der Waals surface area contributed by atoms with Crippen molar-refractivity contribution in [2.24, 2.45) is 10.8 Å². The minimum Gasteiger partial charge on any atom is -0.481 e. The second-order valence-electron chi connectivity index (χ2n) is 11.6. The van der Waals surface area contributed by atoms with E-state index in [-0.39, 0.29) is 31.7 Å². The molecule has 1 unspecified atom stereocenters. The number of sulfone groups is 1. The monoisotopic (exact) mass is 661 g/mol. The highest BCUT2D eigenvalue weighted by atomic mass is 32.2. The molecule has 1 aliphatic carbocycles. The Hall–Kier alpha value is -4.11. The molecule has 0 radical (unpaired) electrons. The second kappa shape index (κ2) is 12.0. The van der Waals surface area contributed by atoms with Gasteiger partial charge in [0.1, 0.15) is 5.75 Å². The fourth-order valence-corrected chi connectivity index (χ4v) is 6.57. The van der Waals surface area contributed by atoms with Gasteiger partial charge in [0, 0.05) is 35.7 Å². The van der Waals surface area contributed by atoms with Crippen molar-refractivity contribution in [1.82, 2.24) is 14.9 Å². The Morgan fingerprint density at radius 1 is 1.18 bits per heavy atom. The van der Waals surface area contributed by atoms with Gasteiger partial charge in [-0.3, -0.25) is 29.2 Å².